The number of Topliss-reactive ketones (excluding diaryl/α,β-unsaturated/α-hetero) is 1. The monoisotopic (exact) mass is 736 g/mol. The molecule has 4 atom stereocenters. The fourth-order valence-electron chi connectivity index (χ4n) is 8.71. The van der Waals surface area contributed by atoms with E-state index in [1.807, 2.05) is 49.9 Å². The number of aromatic nitrogens is 2. The Morgan fingerprint density at radius 3 is 1.69 bits per heavy atom. The summed E-state index contributed by atoms with van der Waals surface area (Å²) in [5.74, 6) is -1.54. The first-order valence-corrected chi connectivity index (χ1v) is 19.4. The van der Waals surface area contributed by atoms with Crippen LogP contribution in [0.25, 0.3) is 33.0 Å². The summed E-state index contributed by atoms with van der Waals surface area (Å²) in [5, 5.41) is 11.5. The van der Waals surface area contributed by atoms with Gasteiger partial charge in [-0.1, -0.05) is 27.7 Å². The highest BCUT2D eigenvalue weighted by Crippen LogP contribution is 2.36. The maximum atomic E-state index is 13.7. The highest BCUT2D eigenvalue weighted by molar-refractivity contribution is 6.07. The van der Waals surface area contributed by atoms with Crippen molar-refractivity contribution in [2.45, 2.75) is 91.1 Å². The smallest absolute Gasteiger partial charge is 0.306 e. The molecule has 2 aromatic heterocycles. The quantitative estimate of drug-likeness (QED) is 0.181. The number of nitrogens with zero attached hydrogens (tertiary/aromatic N) is 4. The maximum Gasteiger partial charge on any atom is 0.306 e. The number of allylic oxidation sites excluding steroid dienone is 2. The second kappa shape index (κ2) is 15.5. The zero-order valence-corrected chi connectivity index (χ0v) is 32.0. The predicted molar refractivity (Wildman–Crippen MR) is 210 cm³/mol. The van der Waals surface area contributed by atoms with Gasteiger partial charge in [0.15, 0.2) is 5.78 Å². The summed E-state index contributed by atoms with van der Waals surface area (Å²) in [7, 11) is 1.36. The number of carbonyl (C=O) groups excluding carboxylic acids is 4. The standard InChI is InChI=1S/C42H52N6O6/c1-23(2)30(17-29(50)22-49)41(52)47-10-6-8-38(47)36-15-27(20-43-36)32-13-25-12-26-14-33(46-35(26)19-34(25)45-32)28-16-37(44-21-28)39-9-7-11-48(39)42(53)31(24(3)4)18-40(51)54-5/h12-14,19-21,23-24,30-31,38-39,45-46,49H,6-11,15-18,22H2,1-5H3/t30?,31-,38?,39?/m0/s1. The Hall–Kier alpha value is -4.84. The SMILES string of the molecule is COC(=O)C[C@H](C(=O)N1CCCC1C1=NC=C(c2cc3cc4cc(C5=CN=C(C6CCCN6C(=O)C(CC(=O)CO)C(C)C)C5)[nH]c4cc3[nH]2)C1)C(C)C. The Kier molecular flexibility index (Phi) is 10.7. The van der Waals surface area contributed by atoms with Crippen LogP contribution in [0.15, 0.2) is 46.7 Å². The fourth-order valence-corrected chi connectivity index (χ4v) is 8.71. The molecule has 1 aromatic carbocycles. The van der Waals surface area contributed by atoms with Crippen LogP contribution >= 0.6 is 0 Å². The van der Waals surface area contributed by atoms with Gasteiger partial charge >= 0.3 is 5.97 Å². The number of carbonyl (C=O) groups is 4. The zero-order valence-electron chi connectivity index (χ0n) is 32.0. The van der Waals surface area contributed by atoms with Gasteiger partial charge in [-0.15, -0.1) is 0 Å². The molecule has 12 nitrogen and oxygen atoms in total. The number of ketones is 1. The molecule has 12 heteroatoms. The van der Waals surface area contributed by atoms with Crippen molar-refractivity contribution in [3.8, 4) is 0 Å². The molecule has 0 spiro atoms. The van der Waals surface area contributed by atoms with Crippen molar-refractivity contribution in [2.24, 2.45) is 33.7 Å². The lowest BCUT2D eigenvalue weighted by molar-refractivity contribution is -0.148. The van der Waals surface area contributed by atoms with Crippen molar-refractivity contribution in [1.82, 2.24) is 19.8 Å². The number of amides is 2. The van der Waals surface area contributed by atoms with Crippen LogP contribution in [0.5, 0.6) is 0 Å². The number of H-pyrrole nitrogens is 2. The number of aromatic amines is 2. The molecule has 2 fully saturated rings. The lowest BCUT2D eigenvalue weighted by Crippen LogP contribution is -2.45. The minimum Gasteiger partial charge on any atom is -0.469 e. The van der Waals surface area contributed by atoms with E-state index in [4.69, 9.17) is 14.7 Å². The van der Waals surface area contributed by atoms with Crippen LogP contribution in [0.2, 0.25) is 0 Å². The molecule has 2 amide bonds. The molecule has 7 rings (SSSR count). The first-order valence-electron chi connectivity index (χ1n) is 19.4. The molecular weight excluding hydrogens is 684 g/mol. The van der Waals surface area contributed by atoms with E-state index in [9.17, 15) is 24.3 Å². The molecule has 2 saturated heterocycles. The van der Waals surface area contributed by atoms with Gasteiger partial charge in [0.25, 0.3) is 0 Å². The summed E-state index contributed by atoms with van der Waals surface area (Å²) in [4.78, 5) is 72.1. The number of esters is 1. The average Bonchev–Trinajstić information content (AvgIpc) is 4.00. The van der Waals surface area contributed by atoms with Gasteiger partial charge < -0.3 is 29.6 Å². The number of rotatable bonds is 13. The third kappa shape index (κ3) is 7.32. The molecule has 286 valence electrons. The largest absolute Gasteiger partial charge is 0.469 e. The number of fused-ring (bicyclic) bond motifs is 2. The number of ether oxygens (including phenoxy) is 1. The number of hydrogen-bond donors (Lipinski definition) is 3. The molecule has 4 aliphatic rings. The zero-order chi connectivity index (χ0) is 38.3. The molecule has 3 unspecified atom stereocenters. The van der Waals surface area contributed by atoms with Gasteiger partial charge in [0.2, 0.25) is 11.8 Å². The van der Waals surface area contributed by atoms with E-state index in [1.165, 1.54) is 7.11 Å². The summed E-state index contributed by atoms with van der Waals surface area (Å²) in [6, 6.07) is 8.47. The van der Waals surface area contributed by atoms with Crippen molar-refractivity contribution in [2.75, 3.05) is 26.8 Å². The highest BCUT2D eigenvalue weighted by atomic mass is 16.5. The number of aliphatic hydroxyl groups is 1. The first kappa shape index (κ1) is 37.5. The number of nitrogens with one attached hydrogen (secondary N) is 2. The van der Waals surface area contributed by atoms with Crippen molar-refractivity contribution in [3.63, 3.8) is 0 Å². The molecule has 54 heavy (non-hydrogen) atoms. The number of methoxy groups -OCH3 is 1. The number of benzene rings is 1. The van der Waals surface area contributed by atoms with E-state index in [-0.39, 0.29) is 60.3 Å². The Morgan fingerprint density at radius 1 is 0.759 bits per heavy atom. The molecule has 0 aliphatic carbocycles. The summed E-state index contributed by atoms with van der Waals surface area (Å²) < 4.78 is 4.88. The predicted octanol–water partition coefficient (Wildman–Crippen LogP) is 6.06. The van der Waals surface area contributed by atoms with Gasteiger partial charge in [0, 0.05) is 95.3 Å². The summed E-state index contributed by atoms with van der Waals surface area (Å²) in [6.45, 7) is 8.63. The molecule has 0 radical (unpaired) electrons. The minimum absolute atomic E-state index is 0.00434. The van der Waals surface area contributed by atoms with Crippen LogP contribution in [0.1, 0.15) is 90.4 Å². The van der Waals surface area contributed by atoms with Gasteiger partial charge in [0.05, 0.1) is 31.5 Å². The third-order valence-electron chi connectivity index (χ3n) is 11.9. The van der Waals surface area contributed by atoms with Gasteiger partial charge in [-0.3, -0.25) is 29.2 Å². The van der Waals surface area contributed by atoms with Crippen LogP contribution < -0.4 is 0 Å². The molecule has 3 aromatic rings. The number of likely N-dealkylation sites (tertiary alicyclic amines) is 2. The maximum absolute atomic E-state index is 13.7. The van der Waals surface area contributed by atoms with Crippen LogP contribution in [-0.4, -0.2) is 98.8 Å². The van der Waals surface area contributed by atoms with E-state index in [1.54, 1.807) is 0 Å². The van der Waals surface area contributed by atoms with Gasteiger partial charge in [-0.25, -0.2) is 0 Å². The summed E-state index contributed by atoms with van der Waals surface area (Å²) in [5.41, 5.74) is 8.14. The first-order chi connectivity index (χ1) is 25.9. The number of aliphatic hydroxyl groups excluding tert-OH is 1. The van der Waals surface area contributed by atoms with Crippen molar-refractivity contribution in [1.29, 1.82) is 0 Å². The minimum atomic E-state index is -0.542. The lowest BCUT2D eigenvalue weighted by Gasteiger charge is -2.30. The molecule has 4 aliphatic heterocycles. The van der Waals surface area contributed by atoms with Gasteiger partial charge in [0.1, 0.15) is 6.61 Å². The van der Waals surface area contributed by atoms with E-state index < -0.39 is 18.4 Å². The van der Waals surface area contributed by atoms with Crippen LogP contribution in [0.4, 0.5) is 0 Å². The van der Waals surface area contributed by atoms with Crippen LogP contribution in [0.3, 0.4) is 0 Å². The van der Waals surface area contributed by atoms with Crippen LogP contribution in [-0.2, 0) is 23.9 Å². The van der Waals surface area contributed by atoms with Crippen molar-refractivity contribution < 1.29 is 29.0 Å². The third-order valence-corrected chi connectivity index (χ3v) is 11.9. The van der Waals surface area contributed by atoms with Crippen molar-refractivity contribution >= 4 is 67.9 Å². The van der Waals surface area contributed by atoms with E-state index in [0.717, 1.165) is 81.4 Å². The second-order valence-electron chi connectivity index (χ2n) is 16.1. The van der Waals surface area contributed by atoms with Crippen molar-refractivity contribution in [3.05, 3.63) is 48.1 Å². The Morgan fingerprint density at radius 2 is 1.24 bits per heavy atom. The average molecular weight is 737 g/mol. The molecule has 0 saturated carbocycles. The van der Waals surface area contributed by atoms with Crippen LogP contribution in [0, 0.1) is 23.7 Å². The Labute approximate surface area is 315 Å². The molecular formula is C42H52N6O6. The normalized spacial score (nSPS) is 21.3. The van der Waals surface area contributed by atoms with E-state index >= 15 is 0 Å². The Balaban J connectivity index is 1.00. The second-order valence-corrected chi connectivity index (χ2v) is 16.1. The summed E-state index contributed by atoms with van der Waals surface area (Å²) in [6.07, 6.45) is 8.79. The lowest BCUT2D eigenvalue weighted by atomic mass is 9.89. The Bertz CT molecular complexity index is 1900. The molecule has 3 N–H and O–H groups in total. The molecule has 0 bridgehead atoms. The topological polar surface area (TPSA) is 161 Å². The highest BCUT2D eigenvalue weighted by Gasteiger charge is 2.40. The van der Waals surface area contributed by atoms with Gasteiger partial charge in [-0.05, 0) is 72.9 Å². The number of aliphatic imine (C=N–C) groups is 2. The van der Waals surface area contributed by atoms with E-state index in [0.29, 0.717) is 25.9 Å². The number of hydrogen-bond acceptors (Lipinski definition) is 8. The fraction of sp³-hybridized carbons (Fsp3) is 0.524. The molecule has 6 heterocycles. The van der Waals surface area contributed by atoms with Gasteiger partial charge in [-0.2, -0.15) is 0 Å². The van der Waals surface area contributed by atoms with E-state index in [2.05, 4.69) is 34.2 Å². The summed E-state index contributed by atoms with van der Waals surface area (Å²) >= 11 is 0.